The molecule has 0 radical (unpaired) electrons. The van der Waals surface area contributed by atoms with E-state index in [1.165, 1.54) is 5.56 Å². The minimum atomic E-state index is -3.27. The molecular weight excluding hydrogens is 334 g/mol. The van der Waals surface area contributed by atoms with E-state index in [9.17, 15) is 8.42 Å². The quantitative estimate of drug-likeness (QED) is 0.846. The highest BCUT2D eigenvalue weighted by molar-refractivity contribution is 7.88. The molecular formula is C20H23NO3S. The highest BCUT2D eigenvalue weighted by Crippen LogP contribution is 2.39. The second-order valence-electron chi connectivity index (χ2n) is 7.03. The van der Waals surface area contributed by atoms with Gasteiger partial charge in [-0.05, 0) is 30.0 Å². The lowest BCUT2D eigenvalue weighted by Gasteiger charge is -2.44. The van der Waals surface area contributed by atoms with Gasteiger partial charge in [0.1, 0.15) is 11.4 Å². The van der Waals surface area contributed by atoms with Gasteiger partial charge in [-0.15, -0.1) is 0 Å². The van der Waals surface area contributed by atoms with E-state index in [1.54, 1.807) is 4.31 Å². The number of rotatable bonds is 3. The molecule has 2 heterocycles. The smallest absolute Gasteiger partial charge is 0.218 e. The van der Waals surface area contributed by atoms with Gasteiger partial charge in [0.05, 0.1) is 5.75 Å². The number of piperidine rings is 1. The summed E-state index contributed by atoms with van der Waals surface area (Å²) in [6, 6.07) is 17.6. The lowest BCUT2D eigenvalue weighted by atomic mass is 9.84. The topological polar surface area (TPSA) is 46.6 Å². The van der Waals surface area contributed by atoms with Crippen molar-refractivity contribution in [1.29, 1.82) is 0 Å². The minimum absolute atomic E-state index is 0.0739. The standard InChI is InChI=1S/C20H23NO3S/c22-25(23,16-17-6-2-1-3-7-17)21-14-12-20(13-15-21)11-10-18-8-4-5-9-19(18)24-20/h1-9H,10-16H2. The van der Waals surface area contributed by atoms with Crippen LogP contribution < -0.4 is 4.74 Å². The molecule has 0 aliphatic carbocycles. The van der Waals surface area contributed by atoms with Crippen LogP contribution in [0, 0.1) is 0 Å². The molecule has 0 amide bonds. The summed E-state index contributed by atoms with van der Waals surface area (Å²) >= 11 is 0. The van der Waals surface area contributed by atoms with Crippen molar-refractivity contribution in [3.05, 3.63) is 65.7 Å². The summed E-state index contributed by atoms with van der Waals surface area (Å²) in [7, 11) is -3.27. The summed E-state index contributed by atoms with van der Waals surface area (Å²) in [6.45, 7) is 1.08. The average Bonchev–Trinajstić information content (AvgIpc) is 2.62. The average molecular weight is 357 g/mol. The Balaban J connectivity index is 1.43. The fourth-order valence-corrected chi connectivity index (χ4v) is 5.39. The molecule has 0 unspecified atom stereocenters. The molecule has 5 heteroatoms. The van der Waals surface area contributed by atoms with Crippen LogP contribution in [0.2, 0.25) is 0 Å². The normalized spacial score (nSPS) is 20.0. The van der Waals surface area contributed by atoms with Crippen molar-refractivity contribution in [3.8, 4) is 5.75 Å². The van der Waals surface area contributed by atoms with Crippen LogP contribution in [0.3, 0.4) is 0 Å². The van der Waals surface area contributed by atoms with E-state index < -0.39 is 10.0 Å². The number of sulfonamides is 1. The molecule has 1 spiro atoms. The van der Waals surface area contributed by atoms with E-state index in [-0.39, 0.29) is 11.4 Å². The molecule has 0 atom stereocenters. The number of aryl methyl sites for hydroxylation is 1. The van der Waals surface area contributed by atoms with E-state index >= 15 is 0 Å². The zero-order valence-corrected chi connectivity index (χ0v) is 15.0. The first kappa shape index (κ1) is 16.6. The Morgan fingerprint density at radius 3 is 2.36 bits per heavy atom. The Kier molecular flexibility index (Phi) is 4.29. The fourth-order valence-electron chi connectivity index (χ4n) is 3.86. The zero-order chi connectivity index (χ0) is 17.3. The molecule has 4 rings (SSSR count). The maximum absolute atomic E-state index is 12.7. The van der Waals surface area contributed by atoms with E-state index in [2.05, 4.69) is 6.07 Å². The summed E-state index contributed by atoms with van der Waals surface area (Å²) in [5.41, 5.74) is 1.89. The molecule has 2 aliphatic rings. The molecule has 2 aromatic rings. The molecule has 4 nitrogen and oxygen atoms in total. The van der Waals surface area contributed by atoms with Crippen molar-refractivity contribution in [2.45, 2.75) is 37.0 Å². The van der Waals surface area contributed by atoms with Gasteiger partial charge in [-0.25, -0.2) is 12.7 Å². The number of fused-ring (bicyclic) bond motifs is 1. The second kappa shape index (κ2) is 6.46. The molecule has 2 aliphatic heterocycles. The van der Waals surface area contributed by atoms with Crippen molar-refractivity contribution in [1.82, 2.24) is 4.31 Å². The number of para-hydroxylation sites is 1. The van der Waals surface area contributed by atoms with Crippen LogP contribution in [-0.2, 0) is 22.2 Å². The third-order valence-corrected chi connectivity index (χ3v) is 7.22. The van der Waals surface area contributed by atoms with Crippen molar-refractivity contribution in [2.24, 2.45) is 0 Å². The number of benzene rings is 2. The van der Waals surface area contributed by atoms with Crippen LogP contribution in [0.15, 0.2) is 54.6 Å². The SMILES string of the molecule is O=S(=O)(Cc1ccccc1)N1CCC2(CCc3ccccc3O2)CC1. The predicted octanol–water partition coefficient (Wildman–Crippen LogP) is 3.38. The predicted molar refractivity (Wildman–Crippen MR) is 98.0 cm³/mol. The Labute approximate surface area is 149 Å². The lowest BCUT2D eigenvalue weighted by molar-refractivity contribution is 0.00179. The summed E-state index contributed by atoms with van der Waals surface area (Å²) in [4.78, 5) is 0. The van der Waals surface area contributed by atoms with Crippen LogP contribution in [0.4, 0.5) is 0 Å². The minimum Gasteiger partial charge on any atom is -0.487 e. The van der Waals surface area contributed by atoms with Crippen molar-refractivity contribution >= 4 is 10.0 Å². The van der Waals surface area contributed by atoms with Crippen molar-refractivity contribution in [3.63, 3.8) is 0 Å². The molecule has 0 bridgehead atoms. The van der Waals surface area contributed by atoms with Crippen LogP contribution >= 0.6 is 0 Å². The second-order valence-corrected chi connectivity index (χ2v) is 9.00. The van der Waals surface area contributed by atoms with E-state index in [0.717, 1.165) is 37.0 Å². The zero-order valence-electron chi connectivity index (χ0n) is 14.2. The Morgan fingerprint density at radius 1 is 0.920 bits per heavy atom. The number of hydrogen-bond acceptors (Lipinski definition) is 3. The number of hydrogen-bond donors (Lipinski definition) is 0. The maximum Gasteiger partial charge on any atom is 0.218 e. The number of ether oxygens (including phenoxy) is 1. The fraction of sp³-hybridized carbons (Fsp3) is 0.400. The maximum atomic E-state index is 12.7. The molecule has 25 heavy (non-hydrogen) atoms. The van der Waals surface area contributed by atoms with Gasteiger partial charge in [-0.1, -0.05) is 48.5 Å². The molecule has 0 saturated carbocycles. The van der Waals surface area contributed by atoms with Crippen molar-refractivity contribution < 1.29 is 13.2 Å². The third-order valence-electron chi connectivity index (χ3n) is 5.37. The highest BCUT2D eigenvalue weighted by Gasteiger charge is 2.41. The highest BCUT2D eigenvalue weighted by atomic mass is 32.2. The largest absolute Gasteiger partial charge is 0.487 e. The first-order chi connectivity index (χ1) is 12.1. The van der Waals surface area contributed by atoms with Gasteiger partial charge in [-0.2, -0.15) is 0 Å². The first-order valence-corrected chi connectivity index (χ1v) is 10.5. The third kappa shape index (κ3) is 3.44. The summed E-state index contributed by atoms with van der Waals surface area (Å²) in [6.07, 6.45) is 3.49. The van der Waals surface area contributed by atoms with Crippen LogP contribution in [0.25, 0.3) is 0 Å². The van der Waals surface area contributed by atoms with E-state index in [4.69, 9.17) is 4.74 Å². The Morgan fingerprint density at radius 2 is 1.60 bits per heavy atom. The molecule has 1 saturated heterocycles. The first-order valence-electron chi connectivity index (χ1n) is 8.85. The van der Waals surface area contributed by atoms with Gasteiger partial charge in [0, 0.05) is 25.9 Å². The van der Waals surface area contributed by atoms with Gasteiger partial charge in [0.15, 0.2) is 0 Å². The van der Waals surface area contributed by atoms with E-state index in [1.807, 2.05) is 48.5 Å². The molecule has 0 aromatic heterocycles. The number of nitrogens with zero attached hydrogens (tertiary/aromatic N) is 1. The van der Waals surface area contributed by atoms with Crippen LogP contribution in [0.5, 0.6) is 5.75 Å². The molecule has 2 aromatic carbocycles. The summed E-state index contributed by atoms with van der Waals surface area (Å²) in [5, 5.41) is 0. The van der Waals surface area contributed by atoms with Gasteiger partial charge in [0.25, 0.3) is 0 Å². The Hall–Kier alpha value is -1.85. The molecule has 0 N–H and O–H groups in total. The molecule has 132 valence electrons. The van der Waals surface area contributed by atoms with Gasteiger partial charge < -0.3 is 4.74 Å². The summed E-state index contributed by atoms with van der Waals surface area (Å²) in [5.74, 6) is 1.04. The molecule has 1 fully saturated rings. The van der Waals surface area contributed by atoms with Crippen LogP contribution in [0.1, 0.15) is 30.4 Å². The monoisotopic (exact) mass is 357 g/mol. The van der Waals surface area contributed by atoms with Gasteiger partial charge in [0.2, 0.25) is 10.0 Å². The van der Waals surface area contributed by atoms with Gasteiger partial charge in [-0.3, -0.25) is 0 Å². The Bertz CT molecular complexity index is 840. The van der Waals surface area contributed by atoms with Crippen molar-refractivity contribution in [2.75, 3.05) is 13.1 Å². The van der Waals surface area contributed by atoms with Gasteiger partial charge >= 0.3 is 0 Å². The lowest BCUT2D eigenvalue weighted by Crippen LogP contribution is -2.51. The van der Waals surface area contributed by atoms with E-state index in [0.29, 0.717) is 13.1 Å². The van der Waals surface area contributed by atoms with Crippen LogP contribution in [-0.4, -0.2) is 31.4 Å². The summed E-state index contributed by atoms with van der Waals surface area (Å²) < 4.78 is 33.4.